The van der Waals surface area contributed by atoms with Crippen molar-refractivity contribution < 1.29 is 0 Å². The van der Waals surface area contributed by atoms with Crippen LogP contribution in [-0.2, 0) is 0 Å². The van der Waals surface area contributed by atoms with E-state index in [1.54, 1.807) is 0 Å². The van der Waals surface area contributed by atoms with Crippen LogP contribution < -0.4 is 5.73 Å². The van der Waals surface area contributed by atoms with Gasteiger partial charge >= 0.3 is 0 Å². The predicted molar refractivity (Wildman–Crippen MR) is 87.9 cm³/mol. The molecule has 2 heteroatoms. The van der Waals surface area contributed by atoms with Gasteiger partial charge in [0.05, 0.1) is 6.07 Å². The molecule has 0 radical (unpaired) electrons. The second-order valence-corrected chi connectivity index (χ2v) is 6.89. The van der Waals surface area contributed by atoms with Gasteiger partial charge in [0.15, 0.2) is 0 Å². The second kappa shape index (κ2) is 7.61. The van der Waals surface area contributed by atoms with E-state index >= 15 is 0 Å². The molecule has 1 aromatic carbocycles. The highest BCUT2D eigenvalue weighted by atomic mass is 14.6. The molecule has 2 rings (SSSR count). The summed E-state index contributed by atoms with van der Waals surface area (Å²) < 4.78 is 0. The molecule has 0 heterocycles. The molecule has 114 valence electrons. The summed E-state index contributed by atoms with van der Waals surface area (Å²) in [5, 5.41) is 8.95. The van der Waals surface area contributed by atoms with E-state index in [-0.39, 0.29) is 6.04 Å². The van der Waals surface area contributed by atoms with E-state index in [2.05, 4.69) is 44.2 Å². The Morgan fingerprint density at radius 2 is 2.00 bits per heavy atom. The van der Waals surface area contributed by atoms with Gasteiger partial charge in [0.25, 0.3) is 0 Å². The Labute approximate surface area is 129 Å². The molecule has 21 heavy (non-hydrogen) atoms. The van der Waals surface area contributed by atoms with E-state index in [9.17, 15) is 0 Å². The average molecular weight is 284 g/mol. The molecule has 2 N–H and O–H groups in total. The number of aryl methyl sites for hydroxylation is 1. The molecule has 1 aromatic rings. The number of nitrogens with two attached hydrogens (primary N) is 1. The highest BCUT2D eigenvalue weighted by Gasteiger charge is 2.23. The topological polar surface area (TPSA) is 49.8 Å². The van der Waals surface area contributed by atoms with Crippen molar-refractivity contribution >= 4 is 0 Å². The van der Waals surface area contributed by atoms with Crippen LogP contribution in [0.5, 0.6) is 0 Å². The summed E-state index contributed by atoms with van der Waals surface area (Å²) in [7, 11) is 0. The molecule has 2 atom stereocenters. The maximum absolute atomic E-state index is 8.95. The Morgan fingerprint density at radius 3 is 2.62 bits per heavy atom. The van der Waals surface area contributed by atoms with Gasteiger partial charge in [-0.2, -0.15) is 5.26 Å². The summed E-state index contributed by atoms with van der Waals surface area (Å²) in [6, 6.07) is 11.4. The smallest absolute Gasteiger partial charge is 0.0655 e. The van der Waals surface area contributed by atoms with E-state index in [1.165, 1.54) is 24.0 Å². The third kappa shape index (κ3) is 4.86. The average Bonchev–Trinajstić information content (AvgIpc) is 2.48. The minimum absolute atomic E-state index is 0.282. The molecule has 1 fully saturated rings. The first-order valence-corrected chi connectivity index (χ1v) is 8.30. The molecule has 0 bridgehead atoms. The van der Waals surface area contributed by atoms with Gasteiger partial charge < -0.3 is 5.73 Å². The third-order valence-electron chi connectivity index (χ3n) is 4.93. The van der Waals surface area contributed by atoms with Gasteiger partial charge in [-0.25, -0.2) is 0 Å². The van der Waals surface area contributed by atoms with Crippen molar-refractivity contribution in [3.05, 3.63) is 35.4 Å². The maximum Gasteiger partial charge on any atom is 0.0655 e. The SMILES string of the molecule is Cc1cccc(C(C)CC(N)CC2CCC(C#N)CC2)c1. The maximum atomic E-state index is 8.95. The van der Waals surface area contributed by atoms with Crippen molar-refractivity contribution in [3.8, 4) is 6.07 Å². The highest BCUT2D eigenvalue weighted by Crippen LogP contribution is 2.32. The number of hydrogen-bond donors (Lipinski definition) is 1. The van der Waals surface area contributed by atoms with Crippen molar-refractivity contribution in [3.63, 3.8) is 0 Å². The zero-order chi connectivity index (χ0) is 15.2. The van der Waals surface area contributed by atoms with Gasteiger partial charge in [-0.05, 0) is 62.8 Å². The highest BCUT2D eigenvalue weighted by molar-refractivity contribution is 5.25. The monoisotopic (exact) mass is 284 g/mol. The minimum atomic E-state index is 0.282. The molecule has 0 spiro atoms. The van der Waals surface area contributed by atoms with Crippen LogP contribution in [0.2, 0.25) is 0 Å². The lowest BCUT2D eigenvalue weighted by Gasteiger charge is -2.28. The van der Waals surface area contributed by atoms with Gasteiger partial charge in [-0.1, -0.05) is 36.8 Å². The number of rotatable bonds is 5. The Kier molecular flexibility index (Phi) is 5.82. The van der Waals surface area contributed by atoms with Gasteiger partial charge in [0, 0.05) is 12.0 Å². The van der Waals surface area contributed by atoms with Crippen LogP contribution in [0.15, 0.2) is 24.3 Å². The molecule has 0 aliphatic heterocycles. The fraction of sp³-hybridized carbons (Fsp3) is 0.632. The fourth-order valence-corrected chi connectivity index (χ4v) is 3.62. The lowest BCUT2D eigenvalue weighted by atomic mass is 9.78. The zero-order valence-electron chi connectivity index (χ0n) is 13.4. The van der Waals surface area contributed by atoms with Crippen LogP contribution >= 0.6 is 0 Å². The normalized spacial score (nSPS) is 25.0. The summed E-state index contributed by atoms with van der Waals surface area (Å²) in [4.78, 5) is 0. The molecular weight excluding hydrogens is 256 g/mol. The summed E-state index contributed by atoms with van der Waals surface area (Å²) in [5.41, 5.74) is 9.11. The van der Waals surface area contributed by atoms with Gasteiger partial charge in [-0.3, -0.25) is 0 Å². The van der Waals surface area contributed by atoms with E-state index < -0.39 is 0 Å². The lowest BCUT2D eigenvalue weighted by Crippen LogP contribution is -2.27. The molecule has 2 unspecified atom stereocenters. The Morgan fingerprint density at radius 1 is 1.29 bits per heavy atom. The molecule has 0 saturated heterocycles. The van der Waals surface area contributed by atoms with Crippen LogP contribution in [0.25, 0.3) is 0 Å². The van der Waals surface area contributed by atoms with Crippen molar-refractivity contribution in [1.29, 1.82) is 5.26 Å². The summed E-state index contributed by atoms with van der Waals surface area (Å²) in [5.74, 6) is 1.55. The largest absolute Gasteiger partial charge is 0.328 e. The van der Waals surface area contributed by atoms with Crippen LogP contribution in [0.3, 0.4) is 0 Å². The van der Waals surface area contributed by atoms with Crippen molar-refractivity contribution in [2.75, 3.05) is 0 Å². The third-order valence-corrected chi connectivity index (χ3v) is 4.93. The molecule has 1 saturated carbocycles. The molecule has 1 aliphatic rings. The van der Waals surface area contributed by atoms with Gasteiger partial charge in [0.1, 0.15) is 0 Å². The standard InChI is InChI=1S/C19H28N2/c1-14-4-3-5-18(10-14)15(2)11-19(21)12-16-6-8-17(13-20)9-7-16/h3-5,10,15-17,19H,6-9,11-12,21H2,1-2H3. The number of benzene rings is 1. The van der Waals surface area contributed by atoms with E-state index in [0.717, 1.165) is 31.6 Å². The van der Waals surface area contributed by atoms with Crippen molar-refractivity contribution in [1.82, 2.24) is 0 Å². The van der Waals surface area contributed by atoms with Gasteiger partial charge in [0.2, 0.25) is 0 Å². The summed E-state index contributed by atoms with van der Waals surface area (Å²) in [6.45, 7) is 4.42. The Balaban J connectivity index is 1.79. The Hall–Kier alpha value is -1.33. The first-order valence-electron chi connectivity index (χ1n) is 8.30. The Bertz CT molecular complexity index is 481. The minimum Gasteiger partial charge on any atom is -0.328 e. The van der Waals surface area contributed by atoms with Gasteiger partial charge in [-0.15, -0.1) is 0 Å². The van der Waals surface area contributed by atoms with E-state index in [4.69, 9.17) is 11.0 Å². The van der Waals surface area contributed by atoms with E-state index in [1.807, 2.05) is 0 Å². The number of hydrogen-bond acceptors (Lipinski definition) is 2. The molecule has 0 aromatic heterocycles. The predicted octanol–water partition coefficient (Wildman–Crippen LogP) is 4.54. The first-order chi connectivity index (χ1) is 10.1. The van der Waals surface area contributed by atoms with Crippen LogP contribution in [0.4, 0.5) is 0 Å². The molecule has 1 aliphatic carbocycles. The quantitative estimate of drug-likeness (QED) is 0.863. The number of nitrogens with zero attached hydrogens (tertiary/aromatic N) is 1. The summed E-state index contributed by atoms with van der Waals surface area (Å²) >= 11 is 0. The fourth-order valence-electron chi connectivity index (χ4n) is 3.62. The second-order valence-electron chi connectivity index (χ2n) is 6.89. The van der Waals surface area contributed by atoms with E-state index in [0.29, 0.717) is 11.8 Å². The lowest BCUT2D eigenvalue weighted by molar-refractivity contribution is 0.278. The van der Waals surface area contributed by atoms with Crippen molar-refractivity contribution in [2.24, 2.45) is 17.6 Å². The van der Waals surface area contributed by atoms with Crippen LogP contribution in [0.1, 0.15) is 62.5 Å². The van der Waals surface area contributed by atoms with Crippen LogP contribution in [0, 0.1) is 30.1 Å². The first kappa shape index (κ1) is 16.0. The molecular formula is C19H28N2. The molecule has 2 nitrogen and oxygen atoms in total. The zero-order valence-corrected chi connectivity index (χ0v) is 13.4. The molecule has 0 amide bonds. The summed E-state index contributed by atoms with van der Waals surface area (Å²) in [6.07, 6.45) is 6.69. The van der Waals surface area contributed by atoms with Crippen molar-refractivity contribution in [2.45, 2.75) is 64.3 Å². The number of nitriles is 1. The van der Waals surface area contributed by atoms with Crippen LogP contribution in [-0.4, -0.2) is 6.04 Å².